The van der Waals surface area contributed by atoms with Crippen molar-refractivity contribution in [3.63, 3.8) is 0 Å². The van der Waals surface area contributed by atoms with Crippen LogP contribution in [0, 0.1) is 47.4 Å². The Kier molecular flexibility index (Phi) is 5.58. The number of ether oxygens (including phenoxy) is 1. The van der Waals surface area contributed by atoms with Crippen molar-refractivity contribution in [3.8, 4) is 0 Å². The first-order valence-electron chi connectivity index (χ1n) is 7.63. The summed E-state index contributed by atoms with van der Waals surface area (Å²) >= 11 is 5.17. The summed E-state index contributed by atoms with van der Waals surface area (Å²) in [6.07, 6.45) is -4.07. The average molecular weight is 419 g/mol. The maximum atomic E-state index is 13.8. The number of rotatable bonds is 4. The number of hydrogen-bond acceptors (Lipinski definition) is 2. The van der Waals surface area contributed by atoms with E-state index in [0.29, 0.717) is 6.08 Å². The summed E-state index contributed by atoms with van der Waals surface area (Å²) in [5.74, 6) is -10.2. The largest absolute Gasteiger partial charge is 0.460 e. The quantitative estimate of drug-likeness (QED) is 0.277. The first kappa shape index (κ1) is 21.5. The number of halogens is 8. The molecule has 0 bridgehead atoms. The molecule has 2 rings (SSSR count). The van der Waals surface area contributed by atoms with Crippen LogP contribution in [0.3, 0.4) is 0 Å². The molecule has 27 heavy (non-hydrogen) atoms. The normalized spacial score (nSPS) is 22.0. The summed E-state index contributed by atoms with van der Waals surface area (Å²) in [5, 5.41) is -1.39. The monoisotopic (exact) mass is 418 g/mol. The number of alkyl halides is 3. The zero-order valence-corrected chi connectivity index (χ0v) is 15.0. The molecular weight excluding hydrogens is 405 g/mol. The van der Waals surface area contributed by atoms with Crippen molar-refractivity contribution < 1.29 is 40.3 Å². The van der Waals surface area contributed by atoms with E-state index in [-0.39, 0.29) is 0 Å². The molecule has 10 heteroatoms. The lowest BCUT2D eigenvalue weighted by molar-refractivity contribution is -0.147. The van der Waals surface area contributed by atoms with E-state index in [2.05, 4.69) is 0 Å². The molecule has 0 heterocycles. The van der Waals surface area contributed by atoms with Gasteiger partial charge in [0.05, 0.1) is 5.92 Å². The zero-order chi connectivity index (χ0) is 20.9. The van der Waals surface area contributed by atoms with E-state index in [9.17, 15) is 35.5 Å². The van der Waals surface area contributed by atoms with Gasteiger partial charge in [0.15, 0.2) is 23.3 Å². The summed E-state index contributed by atoms with van der Waals surface area (Å²) in [6, 6.07) is 0. The second-order valence-electron chi connectivity index (χ2n) is 6.80. The summed E-state index contributed by atoms with van der Waals surface area (Å²) < 4.78 is 96.1. The minimum absolute atomic E-state index is 0.578. The molecule has 0 radical (unpaired) electrons. The van der Waals surface area contributed by atoms with Crippen LogP contribution >= 0.6 is 11.6 Å². The Labute approximate surface area is 154 Å². The van der Waals surface area contributed by atoms with Gasteiger partial charge in [-0.25, -0.2) is 17.6 Å². The third kappa shape index (κ3) is 3.93. The first-order valence-corrected chi connectivity index (χ1v) is 8.01. The van der Waals surface area contributed by atoms with Crippen LogP contribution in [0.4, 0.5) is 30.7 Å². The Morgan fingerprint density at radius 1 is 1.11 bits per heavy atom. The lowest BCUT2D eigenvalue weighted by atomic mass is 10.1. The standard InChI is InChI=1S/C17H14ClF7O2/c1-6-7(12(20)14(22)13(21)11(6)19)5-27-15(26)10-8(16(10,2)3)4-9(18)17(23,24)25/h4,8,10H,5H2,1-3H3/b9-4-/t8-,10-/m1/s1. The third-order valence-corrected chi connectivity index (χ3v) is 5.09. The van der Waals surface area contributed by atoms with E-state index in [1.807, 2.05) is 0 Å². The van der Waals surface area contributed by atoms with E-state index in [0.717, 1.165) is 6.92 Å². The fourth-order valence-corrected chi connectivity index (χ4v) is 3.02. The summed E-state index contributed by atoms with van der Waals surface area (Å²) in [7, 11) is 0. The van der Waals surface area contributed by atoms with Crippen LogP contribution in [0.25, 0.3) is 0 Å². The molecule has 1 aliphatic rings. The molecule has 2 nitrogen and oxygen atoms in total. The van der Waals surface area contributed by atoms with Crippen molar-refractivity contribution in [2.75, 3.05) is 0 Å². The van der Waals surface area contributed by atoms with Gasteiger partial charge in [-0.3, -0.25) is 4.79 Å². The summed E-state index contributed by atoms with van der Waals surface area (Å²) in [6.45, 7) is 3.08. The summed E-state index contributed by atoms with van der Waals surface area (Å²) in [4.78, 5) is 12.1. The minimum Gasteiger partial charge on any atom is -0.460 e. The number of esters is 1. The highest BCUT2D eigenvalue weighted by molar-refractivity contribution is 6.30. The minimum atomic E-state index is -4.77. The van der Waals surface area contributed by atoms with Gasteiger partial charge in [0.25, 0.3) is 0 Å². The smallest absolute Gasteiger partial charge is 0.426 e. The third-order valence-electron chi connectivity index (χ3n) is 4.75. The van der Waals surface area contributed by atoms with Crippen molar-refractivity contribution in [3.05, 3.63) is 45.5 Å². The predicted molar refractivity (Wildman–Crippen MR) is 81.6 cm³/mol. The van der Waals surface area contributed by atoms with E-state index in [1.54, 1.807) is 0 Å². The van der Waals surface area contributed by atoms with Gasteiger partial charge >= 0.3 is 12.1 Å². The molecule has 0 spiro atoms. The average Bonchev–Trinajstić information content (AvgIpc) is 3.10. The lowest BCUT2D eigenvalue weighted by Crippen LogP contribution is -2.14. The molecule has 1 saturated carbocycles. The molecule has 2 atom stereocenters. The van der Waals surface area contributed by atoms with Crippen LogP contribution in [0.15, 0.2) is 11.1 Å². The zero-order valence-electron chi connectivity index (χ0n) is 14.3. The SMILES string of the molecule is Cc1c(F)c(F)c(F)c(F)c1COC(=O)[C@H]1[C@@H](/C=C(\Cl)C(F)(F)F)C1(C)C. The molecule has 0 aromatic heterocycles. The van der Waals surface area contributed by atoms with Crippen molar-refractivity contribution in [1.29, 1.82) is 0 Å². The number of carbonyl (C=O) groups excluding carboxylic acids is 1. The Bertz CT molecular complexity index is 785. The maximum Gasteiger partial charge on any atom is 0.426 e. The highest BCUT2D eigenvalue weighted by atomic mass is 35.5. The van der Waals surface area contributed by atoms with Gasteiger partial charge in [-0.15, -0.1) is 0 Å². The van der Waals surface area contributed by atoms with Crippen LogP contribution in [0.5, 0.6) is 0 Å². The van der Waals surface area contributed by atoms with Gasteiger partial charge in [0.2, 0.25) is 0 Å². The van der Waals surface area contributed by atoms with Crippen LogP contribution < -0.4 is 0 Å². The molecule has 0 aliphatic heterocycles. The molecule has 0 saturated heterocycles. The molecule has 0 unspecified atom stereocenters. The van der Waals surface area contributed by atoms with E-state index in [4.69, 9.17) is 16.3 Å². The van der Waals surface area contributed by atoms with Gasteiger partial charge in [-0.1, -0.05) is 31.5 Å². The fourth-order valence-electron chi connectivity index (χ4n) is 2.88. The van der Waals surface area contributed by atoms with Gasteiger partial charge < -0.3 is 4.74 Å². The molecule has 0 amide bonds. The highest BCUT2D eigenvalue weighted by Gasteiger charge is 2.62. The molecule has 1 aromatic carbocycles. The lowest BCUT2D eigenvalue weighted by Gasteiger charge is -2.11. The number of benzene rings is 1. The Morgan fingerprint density at radius 2 is 1.63 bits per heavy atom. The Morgan fingerprint density at radius 3 is 2.15 bits per heavy atom. The van der Waals surface area contributed by atoms with Crippen molar-refractivity contribution in [1.82, 2.24) is 0 Å². The Balaban J connectivity index is 2.16. The number of carbonyl (C=O) groups is 1. The topological polar surface area (TPSA) is 26.3 Å². The number of allylic oxidation sites excluding steroid dienone is 2. The van der Waals surface area contributed by atoms with Crippen LogP contribution in [-0.4, -0.2) is 12.1 Å². The summed E-state index contributed by atoms with van der Waals surface area (Å²) in [5.41, 5.74) is -2.18. The molecule has 0 N–H and O–H groups in total. The predicted octanol–water partition coefficient (Wildman–Crippen LogP) is 5.55. The molecule has 1 aromatic rings. The highest BCUT2D eigenvalue weighted by Crippen LogP contribution is 2.60. The van der Waals surface area contributed by atoms with Crippen molar-refractivity contribution in [2.24, 2.45) is 17.3 Å². The van der Waals surface area contributed by atoms with Crippen LogP contribution in [0.1, 0.15) is 25.0 Å². The molecular formula is C17H14ClF7O2. The van der Waals surface area contributed by atoms with Gasteiger partial charge in [0.1, 0.15) is 11.6 Å². The van der Waals surface area contributed by atoms with E-state index in [1.165, 1.54) is 13.8 Å². The van der Waals surface area contributed by atoms with Gasteiger partial charge in [-0.05, 0) is 23.8 Å². The fraction of sp³-hybridized carbons (Fsp3) is 0.471. The van der Waals surface area contributed by atoms with E-state index < -0.39 is 75.4 Å². The van der Waals surface area contributed by atoms with Crippen molar-refractivity contribution >= 4 is 17.6 Å². The molecule has 1 fully saturated rings. The van der Waals surface area contributed by atoms with Gasteiger partial charge in [0, 0.05) is 5.56 Å². The van der Waals surface area contributed by atoms with E-state index >= 15 is 0 Å². The molecule has 1 aliphatic carbocycles. The maximum absolute atomic E-state index is 13.8. The van der Waals surface area contributed by atoms with Crippen LogP contribution in [-0.2, 0) is 16.1 Å². The first-order chi connectivity index (χ1) is 12.2. The van der Waals surface area contributed by atoms with Crippen molar-refractivity contribution in [2.45, 2.75) is 33.6 Å². The van der Waals surface area contributed by atoms with Crippen LogP contribution in [0.2, 0.25) is 0 Å². The van der Waals surface area contributed by atoms with Gasteiger partial charge in [-0.2, -0.15) is 13.2 Å². The molecule has 150 valence electrons. The number of hydrogen-bond donors (Lipinski definition) is 0. The second kappa shape index (κ2) is 7.00. The second-order valence-corrected chi connectivity index (χ2v) is 7.21. The Hall–Kier alpha value is -1.77.